The number of imidazole rings is 2. The summed E-state index contributed by atoms with van der Waals surface area (Å²) < 4.78 is 4.45. The van der Waals surface area contributed by atoms with E-state index in [1.165, 1.54) is 5.56 Å². The summed E-state index contributed by atoms with van der Waals surface area (Å²) >= 11 is 0. The van der Waals surface area contributed by atoms with Gasteiger partial charge in [0.05, 0.1) is 12.4 Å². The van der Waals surface area contributed by atoms with E-state index < -0.39 is 0 Å². The van der Waals surface area contributed by atoms with Crippen LogP contribution in [-0.2, 0) is 13.0 Å². The minimum Gasteiger partial charge on any atom is -0.356 e. The molecule has 1 aliphatic rings. The van der Waals surface area contributed by atoms with Crippen LogP contribution in [0.3, 0.4) is 0 Å². The molecule has 1 saturated heterocycles. The van der Waals surface area contributed by atoms with E-state index in [9.17, 15) is 0 Å². The Morgan fingerprint density at radius 3 is 2.77 bits per heavy atom. The second-order valence-corrected chi connectivity index (χ2v) is 7.97. The SMILES string of the molecule is CN=C(NCCc1nccn1Cc1ccccc1)N1CCC(C)C(n2ccnc2)C1.I. The van der Waals surface area contributed by atoms with Crippen LogP contribution in [0, 0.1) is 5.92 Å². The monoisotopic (exact) mass is 533 g/mol. The van der Waals surface area contributed by atoms with Crippen LogP contribution in [0.4, 0.5) is 0 Å². The van der Waals surface area contributed by atoms with E-state index in [0.29, 0.717) is 12.0 Å². The van der Waals surface area contributed by atoms with Crippen LogP contribution in [-0.4, -0.2) is 56.6 Å². The first kappa shape index (κ1) is 23.3. The standard InChI is InChI=1S/C23H31N7.HI/c1-19-9-13-29(17-21(19)30-14-11-25-18-30)23(24-2)27-10-8-22-26-12-15-28(22)16-20-6-4-3-5-7-20;/h3-7,11-12,14-15,18-19,21H,8-10,13,16-17H2,1-2H3,(H,24,27);1H. The Hall–Kier alpha value is -2.36. The number of benzene rings is 1. The smallest absolute Gasteiger partial charge is 0.193 e. The van der Waals surface area contributed by atoms with Crippen molar-refractivity contribution in [2.24, 2.45) is 10.9 Å². The van der Waals surface area contributed by atoms with Crippen LogP contribution < -0.4 is 5.32 Å². The van der Waals surface area contributed by atoms with E-state index in [2.05, 4.69) is 77.9 Å². The Morgan fingerprint density at radius 1 is 1.19 bits per heavy atom. The second-order valence-electron chi connectivity index (χ2n) is 7.97. The van der Waals surface area contributed by atoms with E-state index in [-0.39, 0.29) is 24.0 Å². The predicted molar refractivity (Wildman–Crippen MR) is 135 cm³/mol. The zero-order valence-corrected chi connectivity index (χ0v) is 20.6. The van der Waals surface area contributed by atoms with Gasteiger partial charge in [0.2, 0.25) is 0 Å². The number of piperidine rings is 1. The van der Waals surface area contributed by atoms with Crippen molar-refractivity contribution in [3.63, 3.8) is 0 Å². The normalized spacial score (nSPS) is 19.2. The number of aliphatic imine (C=N–C) groups is 1. The number of halogens is 1. The molecule has 166 valence electrons. The molecule has 0 aliphatic carbocycles. The van der Waals surface area contributed by atoms with E-state index >= 15 is 0 Å². The van der Waals surface area contributed by atoms with Gasteiger partial charge in [-0.15, -0.1) is 24.0 Å². The van der Waals surface area contributed by atoms with Gasteiger partial charge >= 0.3 is 0 Å². The van der Waals surface area contributed by atoms with Crippen molar-refractivity contribution in [3.8, 4) is 0 Å². The van der Waals surface area contributed by atoms with Gasteiger partial charge in [0.15, 0.2) is 5.96 Å². The average Bonchev–Trinajstić information content (AvgIpc) is 3.45. The molecule has 3 heterocycles. The van der Waals surface area contributed by atoms with E-state index in [1.807, 2.05) is 31.8 Å². The Morgan fingerprint density at radius 2 is 2.03 bits per heavy atom. The third-order valence-electron chi connectivity index (χ3n) is 5.97. The van der Waals surface area contributed by atoms with Gasteiger partial charge in [-0.3, -0.25) is 4.99 Å². The molecule has 2 unspecified atom stereocenters. The summed E-state index contributed by atoms with van der Waals surface area (Å²) in [6.07, 6.45) is 11.8. The lowest BCUT2D eigenvalue weighted by atomic mass is 9.93. The molecule has 1 N–H and O–H groups in total. The van der Waals surface area contributed by atoms with Crippen LogP contribution in [0.1, 0.15) is 30.8 Å². The third kappa shape index (κ3) is 5.87. The lowest BCUT2D eigenvalue weighted by Gasteiger charge is -2.39. The van der Waals surface area contributed by atoms with Gasteiger partial charge in [-0.2, -0.15) is 0 Å². The van der Waals surface area contributed by atoms with Crippen molar-refractivity contribution >= 4 is 29.9 Å². The molecule has 0 radical (unpaired) electrons. The second kappa shape index (κ2) is 11.3. The molecule has 1 aliphatic heterocycles. The van der Waals surface area contributed by atoms with Crippen molar-refractivity contribution in [2.45, 2.75) is 32.4 Å². The van der Waals surface area contributed by atoms with Crippen LogP contribution >= 0.6 is 24.0 Å². The number of aromatic nitrogens is 4. The van der Waals surface area contributed by atoms with Crippen molar-refractivity contribution in [1.29, 1.82) is 0 Å². The maximum atomic E-state index is 4.56. The molecular formula is C23H32IN7. The molecule has 8 heteroatoms. The van der Waals surface area contributed by atoms with Gasteiger partial charge in [0.25, 0.3) is 0 Å². The zero-order valence-electron chi connectivity index (χ0n) is 18.3. The number of nitrogens with zero attached hydrogens (tertiary/aromatic N) is 6. The average molecular weight is 533 g/mol. The summed E-state index contributed by atoms with van der Waals surface area (Å²) in [5.74, 6) is 2.68. The van der Waals surface area contributed by atoms with E-state index in [1.54, 1.807) is 0 Å². The van der Waals surface area contributed by atoms with Gasteiger partial charge in [-0.1, -0.05) is 37.3 Å². The molecule has 4 rings (SSSR count). The molecule has 2 aromatic heterocycles. The van der Waals surface area contributed by atoms with Gasteiger partial charge in [0.1, 0.15) is 5.82 Å². The summed E-state index contributed by atoms with van der Waals surface area (Å²) in [6.45, 7) is 5.95. The highest BCUT2D eigenvalue weighted by Gasteiger charge is 2.28. The van der Waals surface area contributed by atoms with Crippen LogP contribution in [0.25, 0.3) is 0 Å². The highest BCUT2D eigenvalue weighted by atomic mass is 127. The van der Waals surface area contributed by atoms with Crippen molar-refractivity contribution in [1.82, 2.24) is 29.3 Å². The van der Waals surface area contributed by atoms with Crippen molar-refractivity contribution < 1.29 is 0 Å². The Labute approximate surface area is 201 Å². The zero-order chi connectivity index (χ0) is 20.8. The topological polar surface area (TPSA) is 63.3 Å². The number of rotatable bonds is 6. The lowest BCUT2D eigenvalue weighted by Crippen LogP contribution is -2.49. The summed E-state index contributed by atoms with van der Waals surface area (Å²) in [7, 11) is 1.86. The van der Waals surface area contributed by atoms with Gasteiger partial charge < -0.3 is 19.4 Å². The first-order valence-corrected chi connectivity index (χ1v) is 10.7. The fourth-order valence-corrected chi connectivity index (χ4v) is 4.21. The number of hydrogen-bond donors (Lipinski definition) is 1. The van der Waals surface area contributed by atoms with E-state index in [0.717, 1.165) is 50.8 Å². The molecule has 7 nitrogen and oxygen atoms in total. The minimum absolute atomic E-state index is 0. The first-order valence-electron chi connectivity index (χ1n) is 10.7. The quantitative estimate of drug-likeness (QED) is 0.300. The van der Waals surface area contributed by atoms with Crippen LogP contribution in [0.2, 0.25) is 0 Å². The molecular weight excluding hydrogens is 501 g/mol. The Balaban J connectivity index is 0.00000272. The summed E-state index contributed by atoms with van der Waals surface area (Å²) in [5.41, 5.74) is 1.29. The highest BCUT2D eigenvalue weighted by molar-refractivity contribution is 14.0. The number of likely N-dealkylation sites (tertiary alicyclic amines) is 1. The number of hydrogen-bond acceptors (Lipinski definition) is 3. The molecule has 3 aromatic rings. The number of nitrogens with one attached hydrogen (secondary N) is 1. The molecule has 1 aromatic carbocycles. The summed E-state index contributed by atoms with van der Waals surface area (Å²) in [4.78, 5) is 15.7. The van der Waals surface area contributed by atoms with Crippen molar-refractivity contribution in [3.05, 3.63) is 72.8 Å². The number of guanidine groups is 1. The predicted octanol–water partition coefficient (Wildman–Crippen LogP) is 3.45. The minimum atomic E-state index is 0. The first-order chi connectivity index (χ1) is 14.7. The van der Waals surface area contributed by atoms with Gasteiger partial charge in [0, 0.05) is 64.4 Å². The molecule has 1 fully saturated rings. The Bertz CT molecular complexity index is 936. The molecule has 2 atom stereocenters. The summed E-state index contributed by atoms with van der Waals surface area (Å²) in [6, 6.07) is 10.9. The van der Waals surface area contributed by atoms with Gasteiger partial charge in [-0.05, 0) is 17.9 Å². The molecule has 0 spiro atoms. The summed E-state index contributed by atoms with van der Waals surface area (Å²) in [5, 5.41) is 3.55. The lowest BCUT2D eigenvalue weighted by molar-refractivity contribution is 0.189. The molecule has 0 bridgehead atoms. The molecule has 0 amide bonds. The third-order valence-corrected chi connectivity index (χ3v) is 5.97. The molecule has 31 heavy (non-hydrogen) atoms. The van der Waals surface area contributed by atoms with Crippen molar-refractivity contribution in [2.75, 3.05) is 26.7 Å². The maximum absolute atomic E-state index is 4.56. The largest absolute Gasteiger partial charge is 0.356 e. The van der Waals surface area contributed by atoms with Gasteiger partial charge in [-0.25, -0.2) is 9.97 Å². The molecule has 0 saturated carbocycles. The fraction of sp³-hybridized carbons (Fsp3) is 0.435. The maximum Gasteiger partial charge on any atom is 0.193 e. The highest BCUT2D eigenvalue weighted by Crippen LogP contribution is 2.27. The Kier molecular flexibility index (Phi) is 8.51. The van der Waals surface area contributed by atoms with E-state index in [4.69, 9.17) is 0 Å². The van der Waals surface area contributed by atoms with Crippen LogP contribution in [0.5, 0.6) is 0 Å². The fourth-order valence-electron chi connectivity index (χ4n) is 4.21. The van der Waals surface area contributed by atoms with Crippen LogP contribution in [0.15, 0.2) is 66.4 Å².